The lowest BCUT2D eigenvalue weighted by Gasteiger charge is -2.05. The molecule has 2 rings (SSSR count). The van der Waals surface area contributed by atoms with Crippen LogP contribution in [0.15, 0.2) is 29.2 Å². The molecule has 0 radical (unpaired) electrons. The molecule has 0 saturated heterocycles. The number of hydrogen-bond acceptors (Lipinski definition) is 5. The van der Waals surface area contributed by atoms with Crippen LogP contribution in [0.1, 0.15) is 43.7 Å². The van der Waals surface area contributed by atoms with Gasteiger partial charge in [-0.3, -0.25) is 0 Å². The second-order valence-corrected chi connectivity index (χ2v) is 7.05. The molecular formula is C15H21N3S2. The fourth-order valence-corrected chi connectivity index (χ4v) is 3.36. The summed E-state index contributed by atoms with van der Waals surface area (Å²) in [5, 5.41) is 13.6. The molecule has 108 valence electrons. The second kappa shape index (κ2) is 7.64. The predicted molar refractivity (Wildman–Crippen MR) is 88.8 cm³/mol. The van der Waals surface area contributed by atoms with E-state index in [0.29, 0.717) is 5.92 Å². The zero-order valence-electron chi connectivity index (χ0n) is 12.2. The van der Waals surface area contributed by atoms with Crippen molar-refractivity contribution in [2.24, 2.45) is 0 Å². The lowest BCUT2D eigenvalue weighted by Crippen LogP contribution is -1.98. The van der Waals surface area contributed by atoms with Crippen LogP contribution in [-0.2, 0) is 5.75 Å². The fraction of sp³-hybridized carbons (Fsp3) is 0.467. The number of nitrogens with zero attached hydrogens (tertiary/aromatic N) is 2. The predicted octanol–water partition coefficient (Wildman–Crippen LogP) is 4.78. The highest BCUT2D eigenvalue weighted by Crippen LogP contribution is 2.27. The Labute approximate surface area is 129 Å². The summed E-state index contributed by atoms with van der Waals surface area (Å²) in [5.74, 6) is 1.47. The molecule has 0 aliphatic rings. The van der Waals surface area contributed by atoms with E-state index in [0.717, 1.165) is 28.9 Å². The lowest BCUT2D eigenvalue weighted by atomic mass is 10.0. The highest BCUT2D eigenvalue weighted by molar-refractivity contribution is 7.98. The average molecular weight is 307 g/mol. The first-order valence-electron chi connectivity index (χ1n) is 6.98. The van der Waals surface area contributed by atoms with Crippen LogP contribution in [0, 0.1) is 0 Å². The van der Waals surface area contributed by atoms with Crippen LogP contribution in [0.3, 0.4) is 0 Å². The summed E-state index contributed by atoms with van der Waals surface area (Å²) < 4.78 is 0. The minimum Gasteiger partial charge on any atom is -0.360 e. The summed E-state index contributed by atoms with van der Waals surface area (Å²) in [6.45, 7) is 7.53. The van der Waals surface area contributed by atoms with Crippen LogP contribution >= 0.6 is 23.1 Å². The van der Waals surface area contributed by atoms with E-state index in [2.05, 4.69) is 60.6 Å². The Kier molecular flexibility index (Phi) is 5.86. The van der Waals surface area contributed by atoms with Crippen molar-refractivity contribution in [1.82, 2.24) is 10.2 Å². The van der Waals surface area contributed by atoms with Crippen molar-refractivity contribution >= 4 is 28.2 Å². The zero-order valence-corrected chi connectivity index (χ0v) is 13.9. The van der Waals surface area contributed by atoms with Crippen molar-refractivity contribution in [3.8, 4) is 0 Å². The zero-order chi connectivity index (χ0) is 14.4. The molecule has 0 unspecified atom stereocenters. The van der Waals surface area contributed by atoms with Gasteiger partial charge in [0.15, 0.2) is 0 Å². The topological polar surface area (TPSA) is 37.8 Å². The molecule has 1 heterocycles. The van der Waals surface area contributed by atoms with Gasteiger partial charge in [0.2, 0.25) is 5.13 Å². The first kappa shape index (κ1) is 15.3. The van der Waals surface area contributed by atoms with E-state index in [-0.39, 0.29) is 0 Å². The Hall–Kier alpha value is -1.07. The van der Waals surface area contributed by atoms with Crippen molar-refractivity contribution in [1.29, 1.82) is 0 Å². The molecule has 0 saturated carbocycles. The molecule has 0 fully saturated rings. The Morgan fingerprint density at radius 3 is 2.60 bits per heavy atom. The standard InChI is InChI=1S/C15H21N3S2/c1-4-9-16-15-18-17-14(20-15)10-19-13-7-5-12(6-8-13)11(2)3/h5-8,11H,4,9-10H2,1-3H3,(H,16,18). The summed E-state index contributed by atoms with van der Waals surface area (Å²) in [4.78, 5) is 1.28. The van der Waals surface area contributed by atoms with Gasteiger partial charge in [-0.05, 0) is 30.0 Å². The maximum atomic E-state index is 4.22. The third-order valence-corrected chi connectivity index (χ3v) is 4.99. The maximum absolute atomic E-state index is 4.22. The van der Waals surface area contributed by atoms with Crippen molar-refractivity contribution in [3.05, 3.63) is 34.8 Å². The quantitative estimate of drug-likeness (QED) is 0.747. The van der Waals surface area contributed by atoms with Gasteiger partial charge in [-0.25, -0.2) is 0 Å². The highest BCUT2D eigenvalue weighted by Gasteiger charge is 2.05. The first-order valence-corrected chi connectivity index (χ1v) is 8.78. The molecule has 0 atom stereocenters. The molecule has 0 aliphatic heterocycles. The Morgan fingerprint density at radius 2 is 1.95 bits per heavy atom. The van der Waals surface area contributed by atoms with Gasteiger partial charge in [0.05, 0.1) is 5.75 Å². The van der Waals surface area contributed by atoms with Crippen LogP contribution in [0.5, 0.6) is 0 Å². The number of hydrogen-bond donors (Lipinski definition) is 1. The van der Waals surface area contributed by atoms with Crippen LogP contribution in [-0.4, -0.2) is 16.7 Å². The molecule has 2 aromatic rings. The molecule has 0 spiro atoms. The largest absolute Gasteiger partial charge is 0.360 e. The normalized spacial score (nSPS) is 11.0. The molecule has 5 heteroatoms. The monoisotopic (exact) mass is 307 g/mol. The van der Waals surface area contributed by atoms with Crippen LogP contribution < -0.4 is 5.32 Å². The van der Waals surface area contributed by atoms with Crippen LogP contribution in [0.4, 0.5) is 5.13 Å². The number of anilines is 1. The van der Waals surface area contributed by atoms with E-state index >= 15 is 0 Å². The van der Waals surface area contributed by atoms with Crippen molar-refractivity contribution in [2.75, 3.05) is 11.9 Å². The van der Waals surface area contributed by atoms with Gasteiger partial charge in [0.25, 0.3) is 0 Å². The third kappa shape index (κ3) is 4.49. The number of rotatable bonds is 7. The SMILES string of the molecule is CCCNc1nnc(CSc2ccc(C(C)C)cc2)s1. The Morgan fingerprint density at radius 1 is 1.20 bits per heavy atom. The van der Waals surface area contributed by atoms with Gasteiger partial charge in [-0.15, -0.1) is 22.0 Å². The summed E-state index contributed by atoms with van der Waals surface area (Å²) in [6, 6.07) is 8.80. The minimum absolute atomic E-state index is 0.587. The van der Waals surface area contributed by atoms with E-state index in [1.54, 1.807) is 11.3 Å². The Balaban J connectivity index is 1.86. The van der Waals surface area contributed by atoms with E-state index in [9.17, 15) is 0 Å². The van der Waals surface area contributed by atoms with Gasteiger partial charge < -0.3 is 5.32 Å². The van der Waals surface area contributed by atoms with E-state index < -0.39 is 0 Å². The highest BCUT2D eigenvalue weighted by atomic mass is 32.2. The van der Waals surface area contributed by atoms with Crippen molar-refractivity contribution in [3.63, 3.8) is 0 Å². The van der Waals surface area contributed by atoms with E-state index in [4.69, 9.17) is 0 Å². The summed E-state index contributed by atoms with van der Waals surface area (Å²) in [7, 11) is 0. The fourth-order valence-electron chi connectivity index (χ4n) is 1.71. The van der Waals surface area contributed by atoms with Crippen LogP contribution in [0.2, 0.25) is 0 Å². The van der Waals surface area contributed by atoms with Crippen molar-refractivity contribution < 1.29 is 0 Å². The van der Waals surface area contributed by atoms with Crippen LogP contribution in [0.25, 0.3) is 0 Å². The second-order valence-electron chi connectivity index (χ2n) is 4.94. The number of aromatic nitrogens is 2. The van der Waals surface area contributed by atoms with Gasteiger partial charge in [-0.1, -0.05) is 44.2 Å². The smallest absolute Gasteiger partial charge is 0.205 e. The van der Waals surface area contributed by atoms with Gasteiger partial charge in [-0.2, -0.15) is 0 Å². The molecule has 0 aliphatic carbocycles. The molecule has 0 amide bonds. The molecule has 3 nitrogen and oxygen atoms in total. The third-order valence-electron chi connectivity index (χ3n) is 2.90. The molecule has 1 aromatic carbocycles. The summed E-state index contributed by atoms with van der Waals surface area (Å²) in [6.07, 6.45) is 1.10. The molecule has 1 aromatic heterocycles. The summed E-state index contributed by atoms with van der Waals surface area (Å²) in [5.41, 5.74) is 1.39. The van der Waals surface area contributed by atoms with E-state index in [1.165, 1.54) is 10.5 Å². The summed E-state index contributed by atoms with van der Waals surface area (Å²) >= 11 is 3.46. The number of nitrogens with one attached hydrogen (secondary N) is 1. The molecular weight excluding hydrogens is 286 g/mol. The molecule has 20 heavy (non-hydrogen) atoms. The molecule has 0 bridgehead atoms. The van der Waals surface area contributed by atoms with E-state index in [1.807, 2.05) is 11.8 Å². The number of thioether (sulfide) groups is 1. The minimum atomic E-state index is 0.587. The van der Waals surface area contributed by atoms with Gasteiger partial charge in [0.1, 0.15) is 5.01 Å². The van der Waals surface area contributed by atoms with Gasteiger partial charge in [0, 0.05) is 11.4 Å². The lowest BCUT2D eigenvalue weighted by molar-refractivity contribution is 0.865. The average Bonchev–Trinajstić information content (AvgIpc) is 2.91. The first-order chi connectivity index (χ1) is 9.69. The Bertz CT molecular complexity index is 520. The number of benzene rings is 1. The van der Waals surface area contributed by atoms with Crippen molar-refractivity contribution in [2.45, 2.75) is 43.8 Å². The molecule has 1 N–H and O–H groups in total. The maximum Gasteiger partial charge on any atom is 0.205 e. The van der Waals surface area contributed by atoms with Gasteiger partial charge >= 0.3 is 0 Å².